The number of likely N-dealkylation sites (N-methyl/N-ethyl adjacent to an activating group) is 1. The van der Waals surface area contributed by atoms with Crippen LogP contribution in [0.15, 0.2) is 60.7 Å². The summed E-state index contributed by atoms with van der Waals surface area (Å²) >= 11 is 0. The van der Waals surface area contributed by atoms with Gasteiger partial charge in [-0.05, 0) is 42.5 Å². The van der Waals surface area contributed by atoms with E-state index in [-0.39, 0.29) is 24.1 Å². The van der Waals surface area contributed by atoms with Crippen molar-refractivity contribution < 1.29 is 70.0 Å². The van der Waals surface area contributed by atoms with Crippen LogP contribution < -0.4 is 4.74 Å². The number of halogens is 7. The smallest absolute Gasteiger partial charge is 0.480 e. The monoisotopic (exact) mass is 593 g/mol. The molecule has 0 atom stereocenters. The first-order chi connectivity index (χ1) is 18.9. The molecule has 0 aromatic heterocycles. The Hall–Kier alpha value is -5.15. The predicted octanol–water partition coefficient (Wildman–Crippen LogP) is 5.07. The lowest BCUT2D eigenvalue weighted by Gasteiger charge is -2.13. The number of hydrogen-bond donors (Lipinski definition) is 3. The summed E-state index contributed by atoms with van der Waals surface area (Å²) in [7, 11) is 1.46. The van der Waals surface area contributed by atoms with Gasteiger partial charge in [-0.25, -0.2) is 27.2 Å². The summed E-state index contributed by atoms with van der Waals surface area (Å²) in [6.07, 6.45) is -4.76. The second kappa shape index (κ2) is 14.9. The highest BCUT2D eigenvalue weighted by atomic mass is 19.4. The molecule has 0 fully saturated rings. The average molecular weight is 593 g/mol. The molecule has 3 aromatic rings. The van der Waals surface area contributed by atoms with Gasteiger partial charge in [0.2, 0.25) is 0 Å². The van der Waals surface area contributed by atoms with Crippen LogP contribution in [0, 0.1) is 23.3 Å². The third-order valence-electron chi connectivity index (χ3n) is 4.41. The Kier molecular flexibility index (Phi) is 12.3. The molecular formula is C25H18F7NO8. The zero-order valence-electron chi connectivity index (χ0n) is 20.5. The highest BCUT2D eigenvalue weighted by molar-refractivity contribution is 5.95. The van der Waals surface area contributed by atoms with Crippen LogP contribution in [0.3, 0.4) is 0 Å². The van der Waals surface area contributed by atoms with E-state index in [9.17, 15) is 49.9 Å². The highest BCUT2D eigenvalue weighted by Crippen LogP contribution is 2.22. The second-order valence-corrected chi connectivity index (χ2v) is 7.45. The Morgan fingerprint density at radius 1 is 0.756 bits per heavy atom. The van der Waals surface area contributed by atoms with E-state index in [1.807, 2.05) is 0 Å². The summed E-state index contributed by atoms with van der Waals surface area (Å²) in [5.41, 5.74) is -0.841. The van der Waals surface area contributed by atoms with Crippen molar-refractivity contribution in [2.45, 2.75) is 6.36 Å². The minimum atomic E-state index is -4.76. The molecule has 9 nitrogen and oxygen atoms in total. The largest absolute Gasteiger partial charge is 0.573 e. The van der Waals surface area contributed by atoms with Gasteiger partial charge in [0.25, 0.3) is 5.91 Å². The molecule has 220 valence electrons. The van der Waals surface area contributed by atoms with E-state index in [1.165, 1.54) is 7.05 Å². The van der Waals surface area contributed by atoms with Crippen molar-refractivity contribution in [3.63, 3.8) is 0 Å². The van der Waals surface area contributed by atoms with E-state index in [0.717, 1.165) is 29.2 Å². The van der Waals surface area contributed by atoms with Crippen molar-refractivity contribution in [1.82, 2.24) is 4.90 Å². The third-order valence-corrected chi connectivity index (χ3v) is 4.41. The van der Waals surface area contributed by atoms with Crippen molar-refractivity contribution in [2.75, 3.05) is 13.6 Å². The molecule has 0 heterocycles. The SMILES string of the molecule is CN(CC(=O)O)C(=O)c1ccccc1.O=C(O)c1cc(F)c(F)c(F)c1F.O=C(O)c1ccc(OC(F)(F)F)cc1. The molecule has 0 aliphatic carbocycles. The summed E-state index contributed by atoms with van der Waals surface area (Å²) in [5.74, 6) is -12.6. The fraction of sp³-hybridized carbons (Fsp3) is 0.120. The van der Waals surface area contributed by atoms with Gasteiger partial charge in [-0.2, -0.15) is 0 Å². The lowest BCUT2D eigenvalue weighted by molar-refractivity contribution is -0.274. The predicted molar refractivity (Wildman–Crippen MR) is 124 cm³/mol. The van der Waals surface area contributed by atoms with Crippen LogP contribution >= 0.6 is 0 Å². The normalized spacial score (nSPS) is 10.2. The number of nitrogens with zero attached hydrogens (tertiary/aromatic N) is 1. The van der Waals surface area contributed by atoms with Crippen LogP contribution in [-0.2, 0) is 4.79 Å². The fourth-order valence-corrected chi connectivity index (χ4v) is 2.60. The number of amides is 1. The molecule has 0 saturated heterocycles. The Bertz CT molecular complexity index is 1380. The number of benzene rings is 3. The Balaban J connectivity index is 0.000000308. The molecule has 3 rings (SSSR count). The Morgan fingerprint density at radius 3 is 1.73 bits per heavy atom. The van der Waals surface area contributed by atoms with Crippen molar-refractivity contribution in [1.29, 1.82) is 0 Å². The van der Waals surface area contributed by atoms with Gasteiger partial charge in [0.05, 0.1) is 5.56 Å². The molecule has 1 amide bonds. The fourth-order valence-electron chi connectivity index (χ4n) is 2.60. The molecule has 3 N–H and O–H groups in total. The number of rotatable bonds is 6. The van der Waals surface area contributed by atoms with Crippen LogP contribution in [0.5, 0.6) is 5.75 Å². The zero-order chi connectivity index (χ0) is 31.5. The number of carbonyl (C=O) groups is 4. The number of carboxylic acid groups (broad SMARTS) is 3. The summed E-state index contributed by atoms with van der Waals surface area (Å²) in [6.45, 7) is -0.284. The first-order valence-electron chi connectivity index (χ1n) is 10.6. The van der Waals surface area contributed by atoms with Crippen molar-refractivity contribution >= 4 is 23.8 Å². The van der Waals surface area contributed by atoms with Gasteiger partial charge in [-0.3, -0.25) is 9.59 Å². The average Bonchev–Trinajstić information content (AvgIpc) is 2.89. The van der Waals surface area contributed by atoms with Crippen LogP contribution in [0.25, 0.3) is 0 Å². The molecule has 0 saturated carbocycles. The maximum absolute atomic E-state index is 12.5. The third kappa shape index (κ3) is 11.2. The van der Waals surface area contributed by atoms with Crippen molar-refractivity contribution in [2.24, 2.45) is 0 Å². The van der Waals surface area contributed by atoms with E-state index in [4.69, 9.17) is 15.3 Å². The molecule has 0 radical (unpaired) electrons. The van der Waals surface area contributed by atoms with E-state index in [1.54, 1.807) is 30.3 Å². The number of alkyl halides is 3. The highest BCUT2D eigenvalue weighted by Gasteiger charge is 2.31. The van der Waals surface area contributed by atoms with Crippen LogP contribution in [0.2, 0.25) is 0 Å². The number of ether oxygens (including phenoxy) is 1. The zero-order valence-corrected chi connectivity index (χ0v) is 20.5. The minimum Gasteiger partial charge on any atom is -0.480 e. The van der Waals surface area contributed by atoms with Crippen LogP contribution in [0.1, 0.15) is 31.1 Å². The maximum Gasteiger partial charge on any atom is 0.573 e. The van der Waals surface area contributed by atoms with E-state index in [2.05, 4.69) is 4.74 Å². The van der Waals surface area contributed by atoms with Crippen molar-refractivity contribution in [3.8, 4) is 5.75 Å². The maximum atomic E-state index is 12.5. The number of aliphatic carboxylic acids is 1. The molecule has 41 heavy (non-hydrogen) atoms. The minimum absolute atomic E-state index is 0.0794. The Morgan fingerprint density at radius 2 is 1.29 bits per heavy atom. The second-order valence-electron chi connectivity index (χ2n) is 7.45. The van der Waals surface area contributed by atoms with Gasteiger partial charge in [0.15, 0.2) is 23.3 Å². The van der Waals surface area contributed by atoms with Gasteiger partial charge in [-0.1, -0.05) is 18.2 Å². The summed E-state index contributed by atoms with van der Waals surface area (Å²) in [6, 6.07) is 12.6. The number of aromatic carboxylic acids is 2. The first kappa shape index (κ1) is 33.9. The van der Waals surface area contributed by atoms with Crippen LogP contribution in [-0.4, -0.2) is 64.0 Å². The molecule has 0 spiro atoms. The lowest BCUT2D eigenvalue weighted by atomic mass is 10.2. The first-order valence-corrected chi connectivity index (χ1v) is 10.6. The molecule has 3 aromatic carbocycles. The number of carbonyl (C=O) groups excluding carboxylic acids is 1. The van der Waals surface area contributed by atoms with Gasteiger partial charge in [0, 0.05) is 12.6 Å². The topological polar surface area (TPSA) is 141 Å². The summed E-state index contributed by atoms with van der Waals surface area (Å²) in [4.78, 5) is 43.5. The quantitative estimate of drug-likeness (QED) is 0.205. The number of hydrogen-bond acceptors (Lipinski definition) is 5. The van der Waals surface area contributed by atoms with E-state index >= 15 is 0 Å². The van der Waals surface area contributed by atoms with Gasteiger partial charge in [0.1, 0.15) is 17.9 Å². The number of carboxylic acids is 3. The van der Waals surface area contributed by atoms with E-state index in [0.29, 0.717) is 5.56 Å². The van der Waals surface area contributed by atoms with Gasteiger partial charge < -0.3 is 25.0 Å². The molecule has 0 aliphatic rings. The van der Waals surface area contributed by atoms with Crippen molar-refractivity contribution in [3.05, 3.63) is 101 Å². The molecular weight excluding hydrogens is 575 g/mol. The standard InChI is InChI=1S/C10H11NO3.C8H5F3O3.C7H2F4O2/c1-11(7-9(12)13)10(14)8-5-3-2-4-6-8;9-8(10,11)14-6-3-1-5(2-4-6)7(12)13;8-3-1-2(7(12)13)4(9)6(11)5(3)10/h2-6H,7H2,1H3,(H,12,13);1-4H,(H,12,13);1H,(H,12,13). The summed E-state index contributed by atoms with van der Waals surface area (Å²) < 4.78 is 88.0. The van der Waals surface area contributed by atoms with Crippen LogP contribution in [0.4, 0.5) is 30.7 Å². The molecule has 16 heteroatoms. The van der Waals surface area contributed by atoms with Gasteiger partial charge >= 0.3 is 24.3 Å². The molecule has 0 unspecified atom stereocenters. The van der Waals surface area contributed by atoms with Gasteiger partial charge in [-0.15, -0.1) is 13.2 Å². The Labute approximate surface area is 225 Å². The molecule has 0 bridgehead atoms. The lowest BCUT2D eigenvalue weighted by Crippen LogP contribution is -2.31. The molecule has 0 aliphatic heterocycles. The summed E-state index contributed by atoms with van der Waals surface area (Å²) in [5, 5.41) is 25.1. The van der Waals surface area contributed by atoms with E-state index < -0.39 is 58.9 Å².